The minimum absolute atomic E-state index is 0.00339. The normalized spacial score (nSPS) is 19.2. The summed E-state index contributed by atoms with van der Waals surface area (Å²) in [6, 6.07) is -0.0460. The molecule has 1 aromatic heterocycles. The Morgan fingerprint density at radius 1 is 1.36 bits per heavy atom. The van der Waals surface area contributed by atoms with E-state index in [-0.39, 0.29) is 18.0 Å². The Morgan fingerprint density at radius 2 is 2.05 bits per heavy atom. The van der Waals surface area contributed by atoms with Crippen molar-refractivity contribution in [2.45, 2.75) is 46.3 Å². The van der Waals surface area contributed by atoms with Crippen molar-refractivity contribution in [3.05, 3.63) is 16.1 Å². The monoisotopic (exact) mass is 325 g/mol. The fourth-order valence-electron chi connectivity index (χ4n) is 2.39. The quantitative estimate of drug-likeness (QED) is 0.796. The van der Waals surface area contributed by atoms with Crippen LogP contribution in [0.1, 0.15) is 43.1 Å². The lowest BCUT2D eigenvalue weighted by Crippen LogP contribution is -2.56. The fourth-order valence-corrected chi connectivity index (χ4v) is 3.15. The van der Waals surface area contributed by atoms with Crippen LogP contribution in [-0.4, -0.2) is 58.1 Å². The van der Waals surface area contributed by atoms with Gasteiger partial charge in [-0.25, -0.2) is 9.78 Å². The molecule has 1 saturated heterocycles. The maximum atomic E-state index is 12.6. The number of nitrogens with zero attached hydrogens (tertiary/aromatic N) is 3. The van der Waals surface area contributed by atoms with Crippen molar-refractivity contribution in [2.24, 2.45) is 0 Å². The van der Waals surface area contributed by atoms with E-state index in [0.717, 1.165) is 5.69 Å². The van der Waals surface area contributed by atoms with Gasteiger partial charge in [0.1, 0.15) is 10.5 Å². The van der Waals surface area contributed by atoms with Crippen LogP contribution >= 0.6 is 11.3 Å². The Bertz CT molecular complexity index is 565. The van der Waals surface area contributed by atoms with Crippen molar-refractivity contribution in [2.75, 3.05) is 19.6 Å². The second kappa shape index (κ2) is 6.24. The Kier molecular flexibility index (Phi) is 4.75. The summed E-state index contributed by atoms with van der Waals surface area (Å²) in [5, 5.41) is 0. The summed E-state index contributed by atoms with van der Waals surface area (Å²) in [4.78, 5) is 32.9. The Morgan fingerprint density at radius 3 is 2.55 bits per heavy atom. The third-order valence-electron chi connectivity index (χ3n) is 3.48. The molecule has 0 spiro atoms. The molecule has 0 bridgehead atoms. The van der Waals surface area contributed by atoms with Crippen LogP contribution in [0, 0.1) is 6.92 Å². The van der Waals surface area contributed by atoms with Crippen LogP contribution < -0.4 is 0 Å². The number of piperazine rings is 1. The van der Waals surface area contributed by atoms with Gasteiger partial charge in [0.15, 0.2) is 0 Å². The summed E-state index contributed by atoms with van der Waals surface area (Å²) in [6.45, 7) is 10.8. The summed E-state index contributed by atoms with van der Waals surface area (Å²) in [6.07, 6.45) is -0.319. The van der Waals surface area contributed by atoms with Gasteiger partial charge >= 0.3 is 6.09 Å². The number of rotatable bonds is 1. The first-order chi connectivity index (χ1) is 10.2. The van der Waals surface area contributed by atoms with Gasteiger partial charge in [0, 0.05) is 25.7 Å². The minimum atomic E-state index is -0.507. The molecule has 1 fully saturated rings. The maximum absolute atomic E-state index is 12.6. The van der Waals surface area contributed by atoms with E-state index >= 15 is 0 Å². The molecule has 6 nitrogen and oxygen atoms in total. The van der Waals surface area contributed by atoms with Gasteiger partial charge in [0.25, 0.3) is 5.91 Å². The maximum Gasteiger partial charge on any atom is 0.410 e. The topological polar surface area (TPSA) is 62.7 Å². The summed E-state index contributed by atoms with van der Waals surface area (Å²) in [5.74, 6) is -0.00339. The molecular weight excluding hydrogens is 302 g/mol. The molecule has 0 saturated carbocycles. The number of ether oxygens (including phenoxy) is 1. The highest BCUT2D eigenvalue weighted by Gasteiger charge is 2.33. The lowest BCUT2D eigenvalue weighted by molar-refractivity contribution is 0.00624. The van der Waals surface area contributed by atoms with Crippen molar-refractivity contribution in [1.82, 2.24) is 14.8 Å². The highest BCUT2D eigenvalue weighted by molar-refractivity contribution is 7.11. The largest absolute Gasteiger partial charge is 0.444 e. The second-order valence-corrected chi connectivity index (χ2v) is 7.40. The molecular formula is C15H23N3O3S. The highest BCUT2D eigenvalue weighted by atomic mass is 32.1. The predicted molar refractivity (Wildman–Crippen MR) is 85.2 cm³/mol. The Labute approximate surface area is 135 Å². The van der Waals surface area contributed by atoms with Crippen molar-refractivity contribution < 1.29 is 14.3 Å². The number of amides is 2. The second-order valence-electron chi connectivity index (χ2n) is 6.54. The van der Waals surface area contributed by atoms with E-state index in [4.69, 9.17) is 4.74 Å². The third kappa shape index (κ3) is 3.76. The third-order valence-corrected chi connectivity index (χ3v) is 4.40. The number of aryl methyl sites for hydroxylation is 1. The van der Waals surface area contributed by atoms with Crippen molar-refractivity contribution in [3.63, 3.8) is 0 Å². The lowest BCUT2D eigenvalue weighted by Gasteiger charge is -2.40. The first kappa shape index (κ1) is 16.7. The van der Waals surface area contributed by atoms with Crippen LogP contribution in [0.25, 0.3) is 0 Å². The molecule has 0 unspecified atom stereocenters. The van der Waals surface area contributed by atoms with Gasteiger partial charge in [-0.2, -0.15) is 0 Å². The smallest absolute Gasteiger partial charge is 0.410 e. The molecule has 122 valence electrons. The van der Waals surface area contributed by atoms with Gasteiger partial charge in [0.05, 0.1) is 11.2 Å². The molecule has 0 aromatic carbocycles. The molecule has 0 aliphatic carbocycles. The predicted octanol–water partition coefficient (Wildman–Crippen LogP) is 2.53. The number of aromatic nitrogens is 1. The SMILES string of the molecule is Cc1ncsc1C(=O)N1CCN(C(=O)OC(C)(C)C)C[C@@H]1C. The van der Waals surface area contributed by atoms with Crippen LogP contribution in [0.15, 0.2) is 5.51 Å². The zero-order valence-corrected chi connectivity index (χ0v) is 14.6. The van der Waals surface area contributed by atoms with Crippen LogP contribution in [0.5, 0.6) is 0 Å². The molecule has 1 atom stereocenters. The molecule has 1 aliphatic heterocycles. The number of carbonyl (C=O) groups excluding carboxylic acids is 2. The van der Waals surface area contributed by atoms with Crippen LogP contribution in [0.4, 0.5) is 4.79 Å². The molecule has 7 heteroatoms. The van der Waals surface area contributed by atoms with Crippen molar-refractivity contribution >= 4 is 23.3 Å². The summed E-state index contributed by atoms with van der Waals surface area (Å²) in [5.41, 5.74) is 1.94. The Balaban J connectivity index is 2.00. The van der Waals surface area contributed by atoms with Crippen molar-refractivity contribution in [3.8, 4) is 0 Å². The van der Waals surface area contributed by atoms with E-state index in [1.165, 1.54) is 11.3 Å². The molecule has 1 aromatic rings. The summed E-state index contributed by atoms with van der Waals surface area (Å²) in [7, 11) is 0. The molecule has 0 radical (unpaired) electrons. The first-order valence-corrected chi connectivity index (χ1v) is 8.26. The lowest BCUT2D eigenvalue weighted by atomic mass is 10.1. The van der Waals surface area contributed by atoms with Crippen molar-refractivity contribution in [1.29, 1.82) is 0 Å². The summed E-state index contributed by atoms with van der Waals surface area (Å²) >= 11 is 1.36. The van der Waals surface area contributed by atoms with E-state index in [9.17, 15) is 9.59 Å². The number of hydrogen-bond donors (Lipinski definition) is 0. The average Bonchev–Trinajstić information content (AvgIpc) is 2.82. The van der Waals surface area contributed by atoms with Gasteiger partial charge in [0.2, 0.25) is 0 Å². The van der Waals surface area contributed by atoms with Crippen LogP contribution in [0.3, 0.4) is 0 Å². The molecule has 2 heterocycles. The Hall–Kier alpha value is -1.63. The number of thiazole rings is 1. The standard InChI is InChI=1S/C15H23N3O3S/c1-10-8-17(14(20)21-15(3,4)5)6-7-18(10)13(19)12-11(2)16-9-22-12/h9-10H,6-8H2,1-5H3/t10-/m0/s1. The number of carbonyl (C=O) groups is 2. The number of hydrogen-bond acceptors (Lipinski definition) is 5. The van der Waals surface area contributed by atoms with Gasteiger partial charge in [-0.05, 0) is 34.6 Å². The highest BCUT2D eigenvalue weighted by Crippen LogP contribution is 2.20. The first-order valence-electron chi connectivity index (χ1n) is 7.38. The molecule has 22 heavy (non-hydrogen) atoms. The minimum Gasteiger partial charge on any atom is -0.444 e. The van der Waals surface area contributed by atoms with Gasteiger partial charge in [-0.3, -0.25) is 4.79 Å². The van der Waals surface area contributed by atoms with E-state index in [1.54, 1.807) is 15.3 Å². The fraction of sp³-hybridized carbons (Fsp3) is 0.667. The van der Waals surface area contributed by atoms with Crippen LogP contribution in [-0.2, 0) is 4.74 Å². The molecule has 2 rings (SSSR count). The van der Waals surface area contributed by atoms with Gasteiger partial charge < -0.3 is 14.5 Å². The van der Waals surface area contributed by atoms with E-state index in [0.29, 0.717) is 24.5 Å². The average molecular weight is 325 g/mol. The van der Waals surface area contributed by atoms with E-state index < -0.39 is 5.60 Å². The van der Waals surface area contributed by atoms with E-state index in [2.05, 4.69) is 4.98 Å². The molecule has 1 aliphatic rings. The van der Waals surface area contributed by atoms with Crippen LogP contribution in [0.2, 0.25) is 0 Å². The van der Waals surface area contributed by atoms with Gasteiger partial charge in [-0.1, -0.05) is 0 Å². The molecule has 0 N–H and O–H groups in total. The zero-order chi connectivity index (χ0) is 16.5. The summed E-state index contributed by atoms with van der Waals surface area (Å²) < 4.78 is 5.39. The zero-order valence-electron chi connectivity index (χ0n) is 13.8. The molecule has 2 amide bonds. The van der Waals surface area contributed by atoms with E-state index in [1.807, 2.05) is 34.6 Å². The van der Waals surface area contributed by atoms with Gasteiger partial charge in [-0.15, -0.1) is 11.3 Å².